The number of Topliss-reactive ketones (excluding diaryl/α,β-unsaturated/α-hetero) is 1. The molecule has 0 saturated carbocycles. The summed E-state index contributed by atoms with van der Waals surface area (Å²) in [7, 11) is 0. The maximum Gasteiger partial charge on any atom is 0.227 e. The number of rotatable bonds is 7. The second kappa shape index (κ2) is 9.01. The van der Waals surface area contributed by atoms with E-state index in [9.17, 15) is 4.79 Å². The second-order valence-electron chi connectivity index (χ2n) is 7.17. The number of aromatic amines is 1. The smallest absolute Gasteiger partial charge is 0.227 e. The van der Waals surface area contributed by atoms with Crippen LogP contribution in [-0.4, -0.2) is 26.9 Å². The van der Waals surface area contributed by atoms with E-state index in [1.165, 1.54) is 6.92 Å². The highest BCUT2D eigenvalue weighted by Gasteiger charge is 2.11. The van der Waals surface area contributed by atoms with E-state index in [1.54, 1.807) is 18.3 Å². The van der Waals surface area contributed by atoms with Crippen molar-refractivity contribution >= 4 is 51.8 Å². The quantitative estimate of drug-likeness (QED) is 0.368. The SMILES string of the molecule is C/C=C(\N=CCC(C)C)c1ccnc(Nc2cc(Cl)c3[nH]c(C(C)=O)cc3c2)n1. The molecule has 2 aromatic heterocycles. The van der Waals surface area contributed by atoms with Gasteiger partial charge in [0.25, 0.3) is 0 Å². The number of carbonyl (C=O) groups excluding carboxylic acids is 1. The Labute approximate surface area is 175 Å². The summed E-state index contributed by atoms with van der Waals surface area (Å²) in [6.07, 6.45) is 6.44. The predicted molar refractivity (Wildman–Crippen MR) is 120 cm³/mol. The summed E-state index contributed by atoms with van der Waals surface area (Å²) in [5, 5.41) is 4.54. The van der Waals surface area contributed by atoms with Crippen LogP contribution in [0.2, 0.25) is 5.02 Å². The highest BCUT2D eigenvalue weighted by molar-refractivity contribution is 6.35. The minimum absolute atomic E-state index is 0.0419. The average Bonchev–Trinajstić information content (AvgIpc) is 3.10. The Morgan fingerprint density at radius 3 is 2.83 bits per heavy atom. The third kappa shape index (κ3) is 5.09. The maximum absolute atomic E-state index is 11.6. The van der Waals surface area contributed by atoms with Gasteiger partial charge < -0.3 is 10.3 Å². The van der Waals surface area contributed by atoms with Gasteiger partial charge in [-0.1, -0.05) is 31.5 Å². The first-order valence-corrected chi connectivity index (χ1v) is 9.87. The Morgan fingerprint density at radius 1 is 1.34 bits per heavy atom. The molecule has 3 aromatic rings. The molecular weight excluding hydrogens is 386 g/mol. The molecule has 7 heteroatoms. The lowest BCUT2D eigenvalue weighted by Crippen LogP contribution is -1.99. The zero-order valence-electron chi connectivity index (χ0n) is 17.0. The van der Waals surface area contributed by atoms with E-state index in [2.05, 4.69) is 39.1 Å². The van der Waals surface area contributed by atoms with Crippen molar-refractivity contribution in [3.05, 3.63) is 52.9 Å². The van der Waals surface area contributed by atoms with Gasteiger partial charge in [0.15, 0.2) is 5.78 Å². The van der Waals surface area contributed by atoms with Crippen LogP contribution >= 0.6 is 11.6 Å². The molecule has 1 aromatic carbocycles. The molecule has 0 saturated heterocycles. The highest BCUT2D eigenvalue weighted by atomic mass is 35.5. The van der Waals surface area contributed by atoms with Gasteiger partial charge in [0.1, 0.15) is 0 Å². The lowest BCUT2D eigenvalue weighted by Gasteiger charge is -2.08. The predicted octanol–water partition coefficient (Wildman–Crippen LogP) is 6.04. The number of benzene rings is 1. The van der Waals surface area contributed by atoms with Gasteiger partial charge in [-0.05, 0) is 43.5 Å². The molecule has 0 bridgehead atoms. The summed E-state index contributed by atoms with van der Waals surface area (Å²) < 4.78 is 0. The van der Waals surface area contributed by atoms with Crippen molar-refractivity contribution in [2.45, 2.75) is 34.1 Å². The van der Waals surface area contributed by atoms with Crippen molar-refractivity contribution < 1.29 is 4.79 Å². The summed E-state index contributed by atoms with van der Waals surface area (Å²) in [6, 6.07) is 7.29. The molecule has 0 amide bonds. The molecule has 3 rings (SSSR count). The van der Waals surface area contributed by atoms with Crippen LogP contribution in [0.3, 0.4) is 0 Å². The average molecular weight is 410 g/mol. The summed E-state index contributed by atoms with van der Waals surface area (Å²) in [6.45, 7) is 7.75. The summed E-state index contributed by atoms with van der Waals surface area (Å²) in [5.74, 6) is 0.953. The number of nitrogens with zero attached hydrogens (tertiary/aromatic N) is 3. The number of aliphatic imine (C=N–C) groups is 1. The first-order valence-electron chi connectivity index (χ1n) is 9.50. The van der Waals surface area contributed by atoms with Crippen LogP contribution in [0.5, 0.6) is 0 Å². The number of fused-ring (bicyclic) bond motifs is 1. The first kappa shape index (κ1) is 20.7. The first-order chi connectivity index (χ1) is 13.9. The fourth-order valence-electron chi connectivity index (χ4n) is 2.80. The van der Waals surface area contributed by atoms with Crippen LogP contribution in [0.25, 0.3) is 16.6 Å². The van der Waals surface area contributed by atoms with Crippen molar-refractivity contribution in [3.8, 4) is 0 Å². The number of hydrogen-bond donors (Lipinski definition) is 2. The van der Waals surface area contributed by atoms with Crippen molar-refractivity contribution in [1.82, 2.24) is 15.0 Å². The fraction of sp³-hybridized carbons (Fsp3) is 0.273. The number of anilines is 2. The van der Waals surface area contributed by atoms with Gasteiger partial charge >= 0.3 is 0 Å². The van der Waals surface area contributed by atoms with Gasteiger partial charge in [-0.15, -0.1) is 0 Å². The molecule has 2 N–H and O–H groups in total. The molecule has 0 atom stereocenters. The molecule has 0 aliphatic heterocycles. The number of halogens is 1. The molecule has 2 heterocycles. The van der Waals surface area contributed by atoms with Crippen LogP contribution < -0.4 is 5.32 Å². The van der Waals surface area contributed by atoms with Crippen molar-refractivity contribution in [2.24, 2.45) is 10.9 Å². The molecule has 0 fully saturated rings. The Morgan fingerprint density at radius 2 is 2.14 bits per heavy atom. The number of allylic oxidation sites excluding steroid dienone is 1. The van der Waals surface area contributed by atoms with Crippen LogP contribution in [0.1, 0.15) is 50.3 Å². The number of H-pyrrole nitrogens is 1. The van der Waals surface area contributed by atoms with Gasteiger partial charge in [0.2, 0.25) is 5.95 Å². The van der Waals surface area contributed by atoms with E-state index in [-0.39, 0.29) is 5.78 Å². The van der Waals surface area contributed by atoms with Crippen molar-refractivity contribution in [3.63, 3.8) is 0 Å². The van der Waals surface area contributed by atoms with E-state index in [1.807, 2.05) is 31.3 Å². The Balaban J connectivity index is 1.86. The number of carbonyl (C=O) groups is 1. The maximum atomic E-state index is 11.6. The van der Waals surface area contributed by atoms with Gasteiger partial charge in [-0.3, -0.25) is 9.79 Å². The topological polar surface area (TPSA) is 83.0 Å². The third-order valence-electron chi connectivity index (χ3n) is 4.31. The summed E-state index contributed by atoms with van der Waals surface area (Å²) in [4.78, 5) is 28.1. The van der Waals surface area contributed by atoms with E-state index in [4.69, 9.17) is 11.6 Å². The molecule has 0 unspecified atom stereocenters. The standard InChI is InChI=1S/C22H24ClN5O/c1-5-18(24-8-6-13(2)3)19-7-9-25-22(28-19)26-16-10-15-11-20(14(4)29)27-21(15)17(23)12-16/h5,7-13,27H,6H2,1-4H3,(H,25,26,28)/b18-5-,24-8?. The molecule has 29 heavy (non-hydrogen) atoms. The van der Waals surface area contributed by atoms with E-state index >= 15 is 0 Å². The zero-order chi connectivity index (χ0) is 21.0. The second-order valence-corrected chi connectivity index (χ2v) is 7.57. The van der Waals surface area contributed by atoms with Crippen LogP contribution in [0.15, 0.2) is 41.5 Å². The van der Waals surface area contributed by atoms with Gasteiger partial charge in [0, 0.05) is 30.4 Å². The monoisotopic (exact) mass is 409 g/mol. The molecule has 0 radical (unpaired) electrons. The van der Waals surface area contributed by atoms with Crippen LogP contribution in [0.4, 0.5) is 11.6 Å². The number of aromatic nitrogens is 3. The Bertz CT molecular complexity index is 1100. The van der Waals surface area contributed by atoms with Crippen molar-refractivity contribution in [2.75, 3.05) is 5.32 Å². The molecule has 0 aliphatic carbocycles. The summed E-state index contributed by atoms with van der Waals surface area (Å²) in [5.41, 5.74) is 3.51. The van der Waals surface area contributed by atoms with Gasteiger partial charge in [-0.2, -0.15) is 0 Å². The van der Waals surface area contributed by atoms with Crippen LogP contribution in [0, 0.1) is 5.92 Å². The third-order valence-corrected chi connectivity index (χ3v) is 4.61. The van der Waals surface area contributed by atoms with Gasteiger partial charge in [0.05, 0.1) is 27.6 Å². The summed E-state index contributed by atoms with van der Waals surface area (Å²) >= 11 is 6.38. The minimum Gasteiger partial charge on any atom is -0.351 e. The number of nitrogens with one attached hydrogen (secondary N) is 2. The van der Waals surface area contributed by atoms with Crippen molar-refractivity contribution in [1.29, 1.82) is 0 Å². The molecular formula is C22H24ClN5O. The molecule has 150 valence electrons. The lowest BCUT2D eigenvalue weighted by molar-refractivity contribution is 0.101. The molecule has 6 nitrogen and oxygen atoms in total. The van der Waals surface area contributed by atoms with E-state index in [0.29, 0.717) is 22.6 Å². The minimum atomic E-state index is -0.0419. The van der Waals surface area contributed by atoms with E-state index < -0.39 is 0 Å². The largest absolute Gasteiger partial charge is 0.351 e. The number of hydrogen-bond acceptors (Lipinski definition) is 5. The normalized spacial score (nSPS) is 12.3. The fourth-order valence-corrected chi connectivity index (χ4v) is 3.08. The lowest BCUT2D eigenvalue weighted by atomic mass is 10.1. The molecule has 0 aliphatic rings. The Hall–Kier alpha value is -2.99. The van der Waals surface area contributed by atoms with E-state index in [0.717, 1.165) is 34.4 Å². The molecule has 0 spiro atoms. The zero-order valence-corrected chi connectivity index (χ0v) is 17.7. The van der Waals surface area contributed by atoms with Gasteiger partial charge in [-0.25, -0.2) is 9.97 Å². The number of ketones is 1. The highest BCUT2D eigenvalue weighted by Crippen LogP contribution is 2.29. The van der Waals surface area contributed by atoms with Crippen LogP contribution in [-0.2, 0) is 0 Å². The Kier molecular flexibility index (Phi) is 6.44.